The van der Waals surface area contributed by atoms with Gasteiger partial charge in [0.25, 0.3) is 0 Å². The molecule has 1 heteroatoms. The van der Waals surface area contributed by atoms with E-state index in [0.717, 1.165) is 29.5 Å². The Labute approximate surface area is 77.8 Å². The number of benzene rings is 1. The van der Waals surface area contributed by atoms with Crippen LogP contribution in [0.5, 0.6) is 0 Å². The number of fused-ring (bicyclic) bond motifs is 1. The van der Waals surface area contributed by atoms with Crippen LogP contribution < -0.4 is 0 Å². The second-order valence-corrected chi connectivity index (χ2v) is 3.29. The Balaban J connectivity index is 2.53. The fourth-order valence-corrected chi connectivity index (χ4v) is 1.74. The summed E-state index contributed by atoms with van der Waals surface area (Å²) in [5.74, 6) is 2.84. The van der Waals surface area contributed by atoms with Gasteiger partial charge in [0.15, 0.2) is 5.78 Å². The highest BCUT2D eigenvalue weighted by atomic mass is 16.1. The molecule has 2 rings (SSSR count). The molecule has 64 valence electrons. The lowest BCUT2D eigenvalue weighted by atomic mass is 9.89. The first-order valence-electron chi connectivity index (χ1n) is 4.44. The monoisotopic (exact) mass is 170 g/mol. The second kappa shape index (κ2) is 3.06. The Kier molecular flexibility index (Phi) is 1.90. The summed E-state index contributed by atoms with van der Waals surface area (Å²) in [5, 5.41) is 0. The van der Waals surface area contributed by atoms with Crippen LogP contribution in [-0.2, 0) is 6.42 Å². The van der Waals surface area contributed by atoms with Crippen LogP contribution in [0.25, 0.3) is 0 Å². The first kappa shape index (κ1) is 8.07. The van der Waals surface area contributed by atoms with Crippen molar-refractivity contribution in [2.75, 3.05) is 0 Å². The van der Waals surface area contributed by atoms with Crippen molar-refractivity contribution in [3.05, 3.63) is 34.9 Å². The number of carbonyl (C=O) groups excluding carboxylic acids is 1. The molecule has 1 aromatic carbocycles. The quantitative estimate of drug-likeness (QED) is 0.545. The highest BCUT2D eigenvalue weighted by molar-refractivity contribution is 5.98. The molecular formula is C12H10O. The molecule has 0 atom stereocenters. The highest BCUT2D eigenvalue weighted by Gasteiger charge is 2.16. The van der Waals surface area contributed by atoms with E-state index in [2.05, 4.69) is 5.92 Å². The van der Waals surface area contributed by atoms with E-state index in [-0.39, 0.29) is 5.78 Å². The molecule has 0 radical (unpaired) electrons. The van der Waals surface area contributed by atoms with Crippen molar-refractivity contribution < 1.29 is 4.79 Å². The molecule has 13 heavy (non-hydrogen) atoms. The van der Waals surface area contributed by atoms with Gasteiger partial charge in [0.05, 0.1) is 0 Å². The van der Waals surface area contributed by atoms with Crippen molar-refractivity contribution in [1.29, 1.82) is 0 Å². The van der Waals surface area contributed by atoms with Crippen molar-refractivity contribution in [3.8, 4) is 12.3 Å². The van der Waals surface area contributed by atoms with Crippen molar-refractivity contribution >= 4 is 5.78 Å². The zero-order chi connectivity index (χ0) is 9.26. The van der Waals surface area contributed by atoms with Crippen molar-refractivity contribution in [3.63, 3.8) is 0 Å². The van der Waals surface area contributed by atoms with Gasteiger partial charge in [-0.3, -0.25) is 4.79 Å². The molecule has 0 saturated heterocycles. The van der Waals surface area contributed by atoms with Crippen LogP contribution in [0.4, 0.5) is 0 Å². The van der Waals surface area contributed by atoms with E-state index < -0.39 is 0 Å². The molecule has 0 spiro atoms. The fraction of sp³-hybridized carbons (Fsp3) is 0.250. The zero-order valence-corrected chi connectivity index (χ0v) is 7.34. The Morgan fingerprint density at radius 1 is 1.31 bits per heavy atom. The summed E-state index contributed by atoms with van der Waals surface area (Å²) in [6.45, 7) is 0. The van der Waals surface area contributed by atoms with Crippen LogP contribution in [0.15, 0.2) is 18.2 Å². The summed E-state index contributed by atoms with van der Waals surface area (Å²) in [5.41, 5.74) is 2.85. The molecule has 0 aliphatic heterocycles. The third-order valence-electron chi connectivity index (χ3n) is 2.42. The van der Waals surface area contributed by atoms with E-state index in [1.165, 1.54) is 0 Å². The molecule has 0 amide bonds. The van der Waals surface area contributed by atoms with Gasteiger partial charge in [0.2, 0.25) is 0 Å². The Bertz CT molecular complexity index is 396. The van der Waals surface area contributed by atoms with Gasteiger partial charge in [0.1, 0.15) is 0 Å². The molecule has 0 aromatic heterocycles. The maximum atomic E-state index is 11.4. The maximum Gasteiger partial charge on any atom is 0.163 e. The van der Waals surface area contributed by atoms with E-state index in [0.29, 0.717) is 6.42 Å². The number of hydrogen-bond acceptors (Lipinski definition) is 1. The van der Waals surface area contributed by atoms with Crippen LogP contribution in [0.3, 0.4) is 0 Å². The van der Waals surface area contributed by atoms with Gasteiger partial charge >= 0.3 is 0 Å². The van der Waals surface area contributed by atoms with Crippen LogP contribution in [-0.4, -0.2) is 5.78 Å². The predicted octanol–water partition coefficient (Wildman–Crippen LogP) is 2.19. The summed E-state index contributed by atoms with van der Waals surface area (Å²) >= 11 is 0. The molecule has 1 aliphatic carbocycles. The average Bonchev–Trinajstić information content (AvgIpc) is 2.18. The summed E-state index contributed by atoms with van der Waals surface area (Å²) in [7, 11) is 0. The van der Waals surface area contributed by atoms with E-state index in [9.17, 15) is 4.79 Å². The van der Waals surface area contributed by atoms with Gasteiger partial charge in [-0.15, -0.1) is 6.42 Å². The van der Waals surface area contributed by atoms with E-state index >= 15 is 0 Å². The van der Waals surface area contributed by atoms with Gasteiger partial charge in [-0.25, -0.2) is 0 Å². The van der Waals surface area contributed by atoms with Gasteiger partial charge in [-0.1, -0.05) is 5.92 Å². The molecular weight excluding hydrogens is 160 g/mol. The Morgan fingerprint density at radius 3 is 2.92 bits per heavy atom. The predicted molar refractivity (Wildman–Crippen MR) is 51.6 cm³/mol. The first-order valence-corrected chi connectivity index (χ1v) is 4.44. The highest BCUT2D eigenvalue weighted by Crippen LogP contribution is 2.21. The molecule has 1 aliphatic rings. The molecule has 0 heterocycles. The minimum absolute atomic E-state index is 0.254. The lowest BCUT2D eigenvalue weighted by Crippen LogP contribution is -2.10. The molecule has 0 saturated carbocycles. The number of rotatable bonds is 0. The third kappa shape index (κ3) is 1.36. The van der Waals surface area contributed by atoms with Crippen LogP contribution in [0, 0.1) is 12.3 Å². The van der Waals surface area contributed by atoms with E-state index in [4.69, 9.17) is 6.42 Å². The van der Waals surface area contributed by atoms with Crippen LogP contribution in [0.2, 0.25) is 0 Å². The zero-order valence-electron chi connectivity index (χ0n) is 7.34. The van der Waals surface area contributed by atoms with Gasteiger partial charge in [-0.05, 0) is 36.6 Å². The number of ketones is 1. The summed E-state index contributed by atoms with van der Waals surface area (Å²) in [6.07, 6.45) is 7.91. The van der Waals surface area contributed by atoms with Crippen LogP contribution >= 0.6 is 0 Å². The minimum atomic E-state index is 0.254. The molecule has 0 fully saturated rings. The second-order valence-electron chi connectivity index (χ2n) is 3.29. The smallest absolute Gasteiger partial charge is 0.163 e. The molecule has 1 nitrogen and oxygen atoms in total. The summed E-state index contributed by atoms with van der Waals surface area (Å²) in [6, 6.07) is 5.64. The largest absolute Gasteiger partial charge is 0.294 e. The summed E-state index contributed by atoms with van der Waals surface area (Å²) < 4.78 is 0. The average molecular weight is 170 g/mol. The molecule has 0 bridgehead atoms. The normalized spacial score (nSPS) is 14.8. The fourth-order valence-electron chi connectivity index (χ4n) is 1.74. The molecule has 0 N–H and O–H groups in total. The topological polar surface area (TPSA) is 17.1 Å². The van der Waals surface area contributed by atoms with Crippen LogP contribution in [0.1, 0.15) is 34.3 Å². The lowest BCUT2D eigenvalue weighted by Gasteiger charge is -2.14. The SMILES string of the molecule is C#Cc1ccc2c(c1)CCCC2=O. The van der Waals surface area contributed by atoms with Crippen molar-refractivity contribution in [2.24, 2.45) is 0 Å². The standard InChI is InChI=1S/C12H10O/c1-2-9-6-7-11-10(8-9)4-3-5-12(11)13/h1,6-8H,3-5H2. The number of aryl methyl sites for hydroxylation is 1. The number of Topliss-reactive ketones (excluding diaryl/α,β-unsaturated/α-hetero) is 1. The van der Waals surface area contributed by atoms with Crippen molar-refractivity contribution in [2.45, 2.75) is 19.3 Å². The molecule has 1 aromatic rings. The third-order valence-corrected chi connectivity index (χ3v) is 2.42. The Morgan fingerprint density at radius 2 is 2.15 bits per heavy atom. The number of terminal acetylenes is 1. The lowest BCUT2D eigenvalue weighted by molar-refractivity contribution is 0.0972. The number of carbonyl (C=O) groups is 1. The van der Waals surface area contributed by atoms with E-state index in [1.807, 2.05) is 18.2 Å². The van der Waals surface area contributed by atoms with E-state index in [1.54, 1.807) is 0 Å². The molecule has 0 unspecified atom stereocenters. The number of hydrogen-bond donors (Lipinski definition) is 0. The maximum absolute atomic E-state index is 11.4. The van der Waals surface area contributed by atoms with Crippen molar-refractivity contribution in [1.82, 2.24) is 0 Å². The minimum Gasteiger partial charge on any atom is -0.294 e. The summed E-state index contributed by atoms with van der Waals surface area (Å²) in [4.78, 5) is 11.4. The first-order chi connectivity index (χ1) is 6.31. The van der Waals surface area contributed by atoms with Gasteiger partial charge < -0.3 is 0 Å². The van der Waals surface area contributed by atoms with Gasteiger partial charge in [0, 0.05) is 17.5 Å². The Hall–Kier alpha value is -1.55. The van der Waals surface area contributed by atoms with Gasteiger partial charge in [-0.2, -0.15) is 0 Å².